The van der Waals surface area contributed by atoms with Gasteiger partial charge in [-0.2, -0.15) is 22.0 Å². The first kappa shape index (κ1) is 19.7. The molecule has 2 N–H and O–H groups in total. The molecule has 0 fully saturated rings. The third-order valence-electron chi connectivity index (χ3n) is 3.02. The fourth-order valence-corrected chi connectivity index (χ4v) is 1.78. The number of rotatable bonds is 8. The van der Waals surface area contributed by atoms with Gasteiger partial charge >= 0.3 is 18.8 Å². The Labute approximate surface area is 133 Å². The Balaban J connectivity index is 2.63. The van der Waals surface area contributed by atoms with Crippen molar-refractivity contribution in [1.29, 1.82) is 0 Å². The highest BCUT2D eigenvalue weighted by molar-refractivity contribution is 5.94. The van der Waals surface area contributed by atoms with Crippen LogP contribution < -0.4 is 10.1 Å². The van der Waals surface area contributed by atoms with E-state index in [1.165, 1.54) is 0 Å². The zero-order valence-electron chi connectivity index (χ0n) is 12.1. The van der Waals surface area contributed by atoms with Crippen molar-refractivity contribution < 1.29 is 41.4 Å². The van der Waals surface area contributed by atoms with Gasteiger partial charge in [-0.05, 0) is 30.7 Å². The first-order valence-electron chi connectivity index (χ1n) is 6.71. The van der Waals surface area contributed by atoms with E-state index in [2.05, 4.69) is 4.74 Å². The van der Waals surface area contributed by atoms with E-state index >= 15 is 0 Å². The van der Waals surface area contributed by atoms with Crippen LogP contribution in [0.5, 0.6) is 5.75 Å². The van der Waals surface area contributed by atoms with Crippen LogP contribution >= 0.6 is 0 Å². The molecule has 0 aliphatic heterocycles. The van der Waals surface area contributed by atoms with Gasteiger partial charge in [0, 0.05) is 18.5 Å². The predicted molar refractivity (Wildman–Crippen MR) is 71.8 cm³/mol. The minimum Gasteiger partial charge on any atom is -0.481 e. The Hall–Kier alpha value is -2.39. The number of alkyl halides is 5. The Morgan fingerprint density at radius 3 is 2.21 bits per heavy atom. The summed E-state index contributed by atoms with van der Waals surface area (Å²) in [7, 11) is 0. The number of hydrogen-bond donors (Lipinski definition) is 2. The van der Waals surface area contributed by atoms with Crippen LogP contribution in [-0.4, -0.2) is 36.3 Å². The van der Waals surface area contributed by atoms with Crippen LogP contribution in [0.15, 0.2) is 24.3 Å². The van der Waals surface area contributed by atoms with Crippen molar-refractivity contribution in [1.82, 2.24) is 5.32 Å². The number of halogens is 5. The summed E-state index contributed by atoms with van der Waals surface area (Å²) in [6.45, 7) is -3.82. The molecule has 0 saturated heterocycles. The van der Waals surface area contributed by atoms with Crippen molar-refractivity contribution in [2.75, 3.05) is 6.54 Å². The molecule has 134 valence electrons. The molecule has 5 nitrogen and oxygen atoms in total. The summed E-state index contributed by atoms with van der Waals surface area (Å²) in [5.41, 5.74) is -0.0456. The minimum absolute atomic E-state index is 0.0456. The summed E-state index contributed by atoms with van der Waals surface area (Å²) in [6, 6.07) is 4.39. The second-order valence-electron chi connectivity index (χ2n) is 4.78. The van der Waals surface area contributed by atoms with E-state index < -0.39 is 50.0 Å². The summed E-state index contributed by atoms with van der Waals surface area (Å²) in [4.78, 5) is 22.1. The lowest BCUT2D eigenvalue weighted by Gasteiger charge is -2.20. The predicted octanol–water partition coefficient (Wildman–Crippen LogP) is 3.06. The second kappa shape index (κ2) is 8.46. The van der Waals surface area contributed by atoms with Gasteiger partial charge in [0.25, 0.3) is 5.91 Å². The zero-order valence-corrected chi connectivity index (χ0v) is 12.1. The summed E-state index contributed by atoms with van der Waals surface area (Å²) in [5, 5.41) is 10.5. The number of aliphatic carboxylic acids is 1. The van der Waals surface area contributed by atoms with Crippen molar-refractivity contribution in [2.45, 2.75) is 25.6 Å². The highest BCUT2D eigenvalue weighted by Gasteiger charge is 2.39. The normalized spacial score (nSPS) is 12.8. The molecular formula is C14H14F5NO4. The lowest BCUT2D eigenvalue weighted by atomic mass is 10.0. The second-order valence-corrected chi connectivity index (χ2v) is 4.78. The molecule has 0 radical (unpaired) electrons. The van der Waals surface area contributed by atoms with Crippen molar-refractivity contribution in [2.24, 2.45) is 5.92 Å². The maximum atomic E-state index is 12.8. The number of benzene rings is 1. The number of ether oxygens (including phenoxy) is 1. The van der Waals surface area contributed by atoms with Crippen molar-refractivity contribution in [3.05, 3.63) is 29.8 Å². The quantitative estimate of drug-likeness (QED) is 0.703. The molecule has 0 aliphatic carbocycles. The van der Waals surface area contributed by atoms with E-state index in [4.69, 9.17) is 5.11 Å². The maximum absolute atomic E-state index is 12.8. The molecule has 1 atom stereocenters. The Bertz CT molecular complexity index is 559. The van der Waals surface area contributed by atoms with Gasteiger partial charge in [-0.15, -0.1) is 0 Å². The lowest BCUT2D eigenvalue weighted by Crippen LogP contribution is -2.36. The first-order chi connectivity index (χ1) is 11.1. The summed E-state index contributed by atoms with van der Waals surface area (Å²) in [6.07, 6.45) is -6.00. The number of carbonyl (C=O) groups is 2. The van der Waals surface area contributed by atoms with E-state index in [-0.39, 0.29) is 11.3 Å². The fourth-order valence-electron chi connectivity index (χ4n) is 1.78. The SMILES string of the molecule is O=C(O)CCC(CNC(=O)c1ccc(OC(F)F)cc1)C(F)(F)F. The largest absolute Gasteiger partial charge is 0.481 e. The average molecular weight is 355 g/mol. The lowest BCUT2D eigenvalue weighted by molar-refractivity contribution is -0.175. The number of carboxylic acid groups (broad SMARTS) is 1. The topological polar surface area (TPSA) is 75.6 Å². The Kier molecular flexibility index (Phi) is 6.93. The van der Waals surface area contributed by atoms with Gasteiger partial charge < -0.3 is 15.2 Å². The molecule has 1 aromatic rings. The van der Waals surface area contributed by atoms with Crippen LogP contribution in [0.3, 0.4) is 0 Å². The minimum atomic E-state index is -4.66. The van der Waals surface area contributed by atoms with Gasteiger partial charge in [-0.1, -0.05) is 0 Å². The number of amides is 1. The third kappa shape index (κ3) is 6.80. The Morgan fingerprint density at radius 2 is 1.75 bits per heavy atom. The van der Waals surface area contributed by atoms with E-state index in [0.717, 1.165) is 24.3 Å². The van der Waals surface area contributed by atoms with Crippen LogP contribution in [0.2, 0.25) is 0 Å². The molecular weight excluding hydrogens is 341 g/mol. The zero-order chi connectivity index (χ0) is 18.3. The number of nitrogens with one attached hydrogen (secondary N) is 1. The van der Waals surface area contributed by atoms with Crippen molar-refractivity contribution in [3.63, 3.8) is 0 Å². The van der Waals surface area contributed by atoms with Crippen LogP contribution in [0.4, 0.5) is 22.0 Å². The van der Waals surface area contributed by atoms with Crippen LogP contribution in [-0.2, 0) is 4.79 Å². The third-order valence-corrected chi connectivity index (χ3v) is 3.02. The van der Waals surface area contributed by atoms with E-state index in [0.29, 0.717) is 0 Å². The van der Waals surface area contributed by atoms with Crippen LogP contribution in [0.25, 0.3) is 0 Å². The fraction of sp³-hybridized carbons (Fsp3) is 0.429. The van der Waals surface area contributed by atoms with Crippen molar-refractivity contribution >= 4 is 11.9 Å². The molecule has 1 amide bonds. The van der Waals surface area contributed by atoms with E-state index in [9.17, 15) is 31.5 Å². The molecule has 1 unspecified atom stereocenters. The molecule has 0 bridgehead atoms. The highest BCUT2D eigenvalue weighted by atomic mass is 19.4. The van der Waals surface area contributed by atoms with Gasteiger partial charge in [-0.25, -0.2) is 0 Å². The molecule has 24 heavy (non-hydrogen) atoms. The van der Waals surface area contributed by atoms with Gasteiger partial charge in [0.2, 0.25) is 0 Å². The molecule has 0 spiro atoms. The smallest absolute Gasteiger partial charge is 0.393 e. The van der Waals surface area contributed by atoms with Crippen molar-refractivity contribution in [3.8, 4) is 5.75 Å². The molecule has 0 aromatic heterocycles. The molecule has 0 saturated carbocycles. The van der Waals surface area contributed by atoms with Crippen LogP contribution in [0, 0.1) is 5.92 Å². The standard InChI is InChI=1S/C14H14F5NO4/c15-13(16)24-10-4-1-8(2-5-10)12(23)20-7-9(14(17,18)19)3-6-11(21)22/h1-2,4-5,9,13H,3,6-7H2,(H,20,23)(H,21,22). The summed E-state index contributed by atoms with van der Waals surface area (Å²) < 4.78 is 66.3. The summed E-state index contributed by atoms with van der Waals surface area (Å²) in [5.74, 6) is -4.41. The maximum Gasteiger partial charge on any atom is 0.393 e. The average Bonchev–Trinajstić information content (AvgIpc) is 2.45. The van der Waals surface area contributed by atoms with Gasteiger partial charge in [-0.3, -0.25) is 9.59 Å². The van der Waals surface area contributed by atoms with Gasteiger partial charge in [0.1, 0.15) is 5.75 Å². The van der Waals surface area contributed by atoms with Crippen LogP contribution in [0.1, 0.15) is 23.2 Å². The Morgan fingerprint density at radius 1 is 1.17 bits per heavy atom. The molecule has 10 heteroatoms. The number of hydrogen-bond acceptors (Lipinski definition) is 3. The number of carbonyl (C=O) groups excluding carboxylic acids is 1. The first-order valence-corrected chi connectivity index (χ1v) is 6.71. The highest BCUT2D eigenvalue weighted by Crippen LogP contribution is 2.29. The van der Waals surface area contributed by atoms with E-state index in [1.807, 2.05) is 5.32 Å². The van der Waals surface area contributed by atoms with Gasteiger partial charge in [0.15, 0.2) is 0 Å². The molecule has 1 aromatic carbocycles. The van der Waals surface area contributed by atoms with E-state index in [1.54, 1.807) is 0 Å². The molecule has 0 aliphatic rings. The monoisotopic (exact) mass is 355 g/mol. The molecule has 0 heterocycles. The number of carboxylic acids is 1. The summed E-state index contributed by atoms with van der Waals surface area (Å²) >= 11 is 0. The molecule has 1 rings (SSSR count). The van der Waals surface area contributed by atoms with Gasteiger partial charge in [0.05, 0.1) is 5.92 Å².